The molecule has 0 saturated heterocycles. The fourth-order valence-electron chi connectivity index (χ4n) is 0.802. The maximum atomic E-state index is 11.0. The summed E-state index contributed by atoms with van der Waals surface area (Å²) in [5, 5.41) is 3.49. The lowest BCUT2D eigenvalue weighted by molar-refractivity contribution is -0.111. The standard InChI is InChI=1S/C9H6Cl3NO/c1-2-9(14)13-8-4-6(11)5(10)3-7(8)12/h2-4H,1H2,(H,13,14). The molecule has 0 unspecified atom stereocenters. The van der Waals surface area contributed by atoms with E-state index in [0.29, 0.717) is 20.8 Å². The van der Waals surface area contributed by atoms with Gasteiger partial charge in [0.1, 0.15) is 0 Å². The second kappa shape index (κ2) is 4.69. The molecule has 0 saturated carbocycles. The van der Waals surface area contributed by atoms with Crippen LogP contribution in [0.5, 0.6) is 0 Å². The molecule has 14 heavy (non-hydrogen) atoms. The van der Waals surface area contributed by atoms with Gasteiger partial charge in [-0.2, -0.15) is 0 Å². The number of hydrogen-bond acceptors (Lipinski definition) is 1. The monoisotopic (exact) mass is 249 g/mol. The first-order valence-electron chi connectivity index (χ1n) is 3.62. The largest absolute Gasteiger partial charge is 0.321 e. The molecule has 0 fully saturated rings. The molecule has 1 aromatic rings. The smallest absolute Gasteiger partial charge is 0.247 e. The quantitative estimate of drug-likeness (QED) is 0.628. The summed E-state index contributed by atoms with van der Waals surface area (Å²) >= 11 is 17.3. The number of hydrogen-bond donors (Lipinski definition) is 1. The maximum absolute atomic E-state index is 11.0. The topological polar surface area (TPSA) is 29.1 Å². The van der Waals surface area contributed by atoms with Crippen molar-refractivity contribution in [1.29, 1.82) is 0 Å². The van der Waals surface area contributed by atoms with Gasteiger partial charge in [-0.1, -0.05) is 41.4 Å². The van der Waals surface area contributed by atoms with Gasteiger partial charge < -0.3 is 5.32 Å². The molecule has 0 atom stereocenters. The van der Waals surface area contributed by atoms with Crippen LogP contribution >= 0.6 is 34.8 Å². The molecule has 0 bridgehead atoms. The number of rotatable bonds is 2. The fraction of sp³-hybridized carbons (Fsp3) is 0. The minimum atomic E-state index is -0.356. The van der Waals surface area contributed by atoms with Gasteiger partial charge in [-0.3, -0.25) is 4.79 Å². The molecule has 0 aliphatic carbocycles. The Labute approximate surface area is 96.5 Å². The van der Waals surface area contributed by atoms with Gasteiger partial charge in [-0.05, 0) is 18.2 Å². The average Bonchev–Trinajstić information content (AvgIpc) is 2.14. The highest BCUT2D eigenvalue weighted by molar-refractivity contribution is 6.44. The molecule has 2 nitrogen and oxygen atoms in total. The van der Waals surface area contributed by atoms with E-state index in [2.05, 4.69) is 11.9 Å². The molecule has 1 aromatic carbocycles. The zero-order valence-corrected chi connectivity index (χ0v) is 9.25. The highest BCUT2D eigenvalue weighted by atomic mass is 35.5. The Morgan fingerprint density at radius 1 is 1.21 bits per heavy atom. The van der Waals surface area contributed by atoms with Crippen LogP contribution < -0.4 is 5.32 Å². The average molecular weight is 251 g/mol. The minimum absolute atomic E-state index is 0.328. The van der Waals surface area contributed by atoms with Crippen molar-refractivity contribution in [2.75, 3.05) is 5.32 Å². The van der Waals surface area contributed by atoms with E-state index >= 15 is 0 Å². The van der Waals surface area contributed by atoms with Crippen molar-refractivity contribution >= 4 is 46.4 Å². The third kappa shape index (κ3) is 2.64. The molecule has 0 spiro atoms. The molecule has 0 aliphatic rings. The van der Waals surface area contributed by atoms with Crippen LogP contribution in [-0.4, -0.2) is 5.91 Å². The Morgan fingerprint density at radius 3 is 2.36 bits per heavy atom. The lowest BCUT2D eigenvalue weighted by atomic mass is 10.3. The van der Waals surface area contributed by atoms with Crippen LogP contribution in [0.15, 0.2) is 24.8 Å². The number of amides is 1. The Balaban J connectivity index is 3.03. The summed E-state index contributed by atoms with van der Waals surface area (Å²) in [7, 11) is 0. The molecule has 5 heteroatoms. The van der Waals surface area contributed by atoms with Crippen molar-refractivity contribution in [3.8, 4) is 0 Å². The minimum Gasteiger partial charge on any atom is -0.321 e. The van der Waals surface area contributed by atoms with E-state index < -0.39 is 0 Å². The van der Waals surface area contributed by atoms with Crippen molar-refractivity contribution in [2.45, 2.75) is 0 Å². The third-order valence-corrected chi connectivity index (χ3v) is 2.49. The first-order valence-corrected chi connectivity index (χ1v) is 4.76. The first-order chi connectivity index (χ1) is 6.54. The molecule has 1 N–H and O–H groups in total. The van der Waals surface area contributed by atoms with E-state index in [4.69, 9.17) is 34.8 Å². The number of nitrogens with one attached hydrogen (secondary N) is 1. The van der Waals surface area contributed by atoms with Crippen molar-refractivity contribution in [2.24, 2.45) is 0 Å². The van der Waals surface area contributed by atoms with Crippen molar-refractivity contribution < 1.29 is 4.79 Å². The molecule has 0 heterocycles. The molecule has 1 amide bonds. The summed E-state index contributed by atoms with van der Waals surface area (Å²) in [4.78, 5) is 11.0. The second-order valence-corrected chi connectivity index (χ2v) is 3.66. The first kappa shape index (κ1) is 11.4. The summed E-state index contributed by atoms with van der Waals surface area (Å²) < 4.78 is 0. The van der Waals surface area contributed by atoms with Crippen molar-refractivity contribution in [1.82, 2.24) is 0 Å². The van der Waals surface area contributed by atoms with E-state index in [-0.39, 0.29) is 5.91 Å². The predicted octanol–water partition coefficient (Wildman–Crippen LogP) is 3.77. The summed E-state index contributed by atoms with van der Waals surface area (Å²) in [5.74, 6) is -0.356. The zero-order valence-electron chi connectivity index (χ0n) is 6.98. The van der Waals surface area contributed by atoms with Crippen LogP contribution in [-0.2, 0) is 4.79 Å². The van der Waals surface area contributed by atoms with Gasteiger partial charge >= 0.3 is 0 Å². The van der Waals surface area contributed by atoms with Gasteiger partial charge in [0.05, 0.1) is 20.8 Å². The number of halogens is 3. The summed E-state index contributed by atoms with van der Waals surface area (Å²) in [6.07, 6.45) is 1.14. The van der Waals surface area contributed by atoms with E-state index in [1.165, 1.54) is 12.1 Å². The SMILES string of the molecule is C=CC(=O)Nc1cc(Cl)c(Cl)cc1Cl. The lowest BCUT2D eigenvalue weighted by Gasteiger charge is -2.06. The van der Waals surface area contributed by atoms with E-state index in [1.807, 2.05) is 0 Å². The third-order valence-electron chi connectivity index (χ3n) is 1.45. The van der Waals surface area contributed by atoms with Crippen LogP contribution in [0.4, 0.5) is 5.69 Å². The Morgan fingerprint density at radius 2 is 1.79 bits per heavy atom. The van der Waals surface area contributed by atoms with Crippen LogP contribution in [0, 0.1) is 0 Å². The number of anilines is 1. The van der Waals surface area contributed by atoms with Crippen LogP contribution in [0.2, 0.25) is 15.1 Å². The number of carbonyl (C=O) groups is 1. The van der Waals surface area contributed by atoms with E-state index in [9.17, 15) is 4.79 Å². The molecule has 74 valence electrons. The van der Waals surface area contributed by atoms with E-state index in [0.717, 1.165) is 6.08 Å². The number of benzene rings is 1. The highest BCUT2D eigenvalue weighted by Crippen LogP contribution is 2.32. The normalized spacial score (nSPS) is 9.64. The number of carbonyl (C=O) groups excluding carboxylic acids is 1. The van der Waals surface area contributed by atoms with Gasteiger partial charge in [0.2, 0.25) is 5.91 Å². The molecule has 0 aromatic heterocycles. The van der Waals surface area contributed by atoms with Crippen molar-refractivity contribution in [3.05, 3.63) is 39.9 Å². The maximum Gasteiger partial charge on any atom is 0.247 e. The molecule has 1 rings (SSSR count). The highest BCUT2D eigenvalue weighted by Gasteiger charge is 2.07. The van der Waals surface area contributed by atoms with Crippen LogP contribution in [0.25, 0.3) is 0 Å². The molecular weight excluding hydrogens is 244 g/mol. The Bertz CT molecular complexity index is 390. The van der Waals surface area contributed by atoms with Gasteiger partial charge in [-0.15, -0.1) is 0 Å². The van der Waals surface area contributed by atoms with Gasteiger partial charge in [0, 0.05) is 0 Å². The van der Waals surface area contributed by atoms with Gasteiger partial charge in [0.15, 0.2) is 0 Å². The molecule has 0 aliphatic heterocycles. The summed E-state index contributed by atoms with van der Waals surface area (Å²) in [6, 6.07) is 2.94. The van der Waals surface area contributed by atoms with Gasteiger partial charge in [0.25, 0.3) is 0 Å². The molecular formula is C9H6Cl3NO. The van der Waals surface area contributed by atoms with Crippen LogP contribution in [0.3, 0.4) is 0 Å². The van der Waals surface area contributed by atoms with Crippen molar-refractivity contribution in [3.63, 3.8) is 0 Å². The molecule has 0 radical (unpaired) electrons. The second-order valence-electron chi connectivity index (χ2n) is 2.44. The van der Waals surface area contributed by atoms with Crippen LogP contribution in [0.1, 0.15) is 0 Å². The zero-order chi connectivity index (χ0) is 10.7. The van der Waals surface area contributed by atoms with E-state index in [1.54, 1.807) is 0 Å². The summed E-state index contributed by atoms with van der Waals surface area (Å²) in [6.45, 7) is 3.31. The summed E-state index contributed by atoms with van der Waals surface area (Å²) in [5.41, 5.74) is 0.408. The predicted molar refractivity (Wildman–Crippen MR) is 60.3 cm³/mol. The Hall–Kier alpha value is -0.700. The lowest BCUT2D eigenvalue weighted by Crippen LogP contribution is -2.07. The fourth-order valence-corrected chi connectivity index (χ4v) is 1.40. The van der Waals surface area contributed by atoms with Gasteiger partial charge in [-0.25, -0.2) is 0 Å². The Kier molecular flexibility index (Phi) is 3.81.